The number of hydrogen-bond donors (Lipinski definition) is 3. The first-order valence-corrected chi connectivity index (χ1v) is 12.8. The number of nitrogens with zero attached hydrogens (tertiary/aromatic N) is 1. The number of amides is 3. The lowest BCUT2D eigenvalue weighted by Gasteiger charge is -2.16. The number of carbonyl (C=O) groups is 4. The van der Waals surface area contributed by atoms with Crippen LogP contribution in [0.25, 0.3) is 0 Å². The lowest BCUT2D eigenvalue weighted by molar-refractivity contribution is -0.120. The van der Waals surface area contributed by atoms with E-state index in [1.165, 1.54) is 31.4 Å². The van der Waals surface area contributed by atoms with Crippen LogP contribution in [0.3, 0.4) is 0 Å². The van der Waals surface area contributed by atoms with Crippen LogP contribution in [0, 0.1) is 0 Å². The quantitative estimate of drug-likeness (QED) is 0.179. The minimum absolute atomic E-state index is 0.124. The smallest absolute Gasteiger partial charge is 0.337 e. The number of para-hydroxylation sites is 1. The number of anilines is 5. The van der Waals surface area contributed by atoms with Gasteiger partial charge in [-0.2, -0.15) is 0 Å². The topological polar surface area (TPSA) is 117 Å². The van der Waals surface area contributed by atoms with Crippen molar-refractivity contribution >= 4 is 63.7 Å². The van der Waals surface area contributed by atoms with Gasteiger partial charge in [-0.05, 0) is 78.9 Å². The summed E-state index contributed by atoms with van der Waals surface area (Å²) in [6.07, 6.45) is 0. The van der Waals surface area contributed by atoms with Crippen LogP contribution < -0.4 is 20.9 Å². The SMILES string of the molecule is COC(=O)c1cccc(N2C(=O)C(Cl)=C(Nc3ccc(C(=O)Nc4ccc(Nc5ccccc5)cc4)cc3)C2=O)c1. The number of nitrogens with one attached hydrogen (secondary N) is 3. The van der Waals surface area contributed by atoms with E-state index in [1.54, 1.807) is 36.4 Å². The van der Waals surface area contributed by atoms with Crippen LogP contribution in [0.1, 0.15) is 20.7 Å². The standard InChI is InChI=1S/C31H23ClN4O5/c1-41-31(40)20-6-5-9-25(18-20)36-29(38)26(32)27(30(36)39)34-23-12-10-19(11-13-23)28(37)35-24-16-14-22(15-17-24)33-21-7-3-2-4-8-21/h2-18,33-34H,1H3,(H,35,37). The maximum atomic E-state index is 13.1. The number of imide groups is 1. The van der Waals surface area contributed by atoms with E-state index in [0.717, 1.165) is 16.3 Å². The van der Waals surface area contributed by atoms with Crippen molar-refractivity contribution in [2.24, 2.45) is 0 Å². The fourth-order valence-electron chi connectivity index (χ4n) is 4.11. The minimum Gasteiger partial charge on any atom is -0.465 e. The molecular formula is C31H23ClN4O5. The van der Waals surface area contributed by atoms with Crippen LogP contribution in [0.5, 0.6) is 0 Å². The first-order chi connectivity index (χ1) is 19.8. The Labute approximate surface area is 240 Å². The molecular weight excluding hydrogens is 544 g/mol. The van der Waals surface area contributed by atoms with Crippen LogP contribution in [0.4, 0.5) is 28.4 Å². The maximum Gasteiger partial charge on any atom is 0.337 e. The van der Waals surface area contributed by atoms with E-state index >= 15 is 0 Å². The minimum atomic E-state index is -0.734. The van der Waals surface area contributed by atoms with Gasteiger partial charge in [0.2, 0.25) is 0 Å². The zero-order chi connectivity index (χ0) is 28.9. The van der Waals surface area contributed by atoms with Gasteiger partial charge in [-0.15, -0.1) is 0 Å². The third-order valence-corrected chi connectivity index (χ3v) is 6.53. The van der Waals surface area contributed by atoms with Crippen LogP contribution in [0.15, 0.2) is 114 Å². The molecule has 10 heteroatoms. The first kappa shape index (κ1) is 27.2. The number of rotatable bonds is 8. The van der Waals surface area contributed by atoms with Crippen molar-refractivity contribution in [3.8, 4) is 0 Å². The molecule has 0 aromatic heterocycles. The Morgan fingerprint density at radius 1 is 0.683 bits per heavy atom. The molecule has 204 valence electrons. The molecule has 0 atom stereocenters. The summed E-state index contributed by atoms with van der Waals surface area (Å²) in [6.45, 7) is 0. The van der Waals surface area contributed by atoms with Crippen molar-refractivity contribution in [3.63, 3.8) is 0 Å². The molecule has 0 fully saturated rings. The Morgan fingerprint density at radius 2 is 1.29 bits per heavy atom. The summed E-state index contributed by atoms with van der Waals surface area (Å²) in [5.74, 6) is -2.35. The lowest BCUT2D eigenvalue weighted by Crippen LogP contribution is -2.32. The van der Waals surface area contributed by atoms with Crippen molar-refractivity contribution < 1.29 is 23.9 Å². The molecule has 0 aliphatic carbocycles. The average molecular weight is 567 g/mol. The fraction of sp³-hybridized carbons (Fsp3) is 0.0323. The second kappa shape index (κ2) is 11.8. The Hall–Kier alpha value is -5.41. The Bertz CT molecular complexity index is 1670. The van der Waals surface area contributed by atoms with E-state index in [9.17, 15) is 19.2 Å². The fourth-order valence-corrected chi connectivity index (χ4v) is 4.33. The summed E-state index contributed by atoms with van der Waals surface area (Å²) >= 11 is 6.22. The number of carbonyl (C=O) groups excluding carboxylic acids is 4. The van der Waals surface area contributed by atoms with E-state index in [0.29, 0.717) is 16.9 Å². The molecule has 0 unspecified atom stereocenters. The second-order valence-electron chi connectivity index (χ2n) is 8.90. The molecule has 0 radical (unpaired) electrons. The summed E-state index contributed by atoms with van der Waals surface area (Å²) in [5, 5.41) is 8.70. The van der Waals surface area contributed by atoms with Crippen molar-refractivity contribution in [2.75, 3.05) is 28.0 Å². The van der Waals surface area contributed by atoms with Crippen LogP contribution >= 0.6 is 11.6 Å². The molecule has 0 saturated heterocycles. The predicted octanol–water partition coefficient (Wildman–Crippen LogP) is 5.90. The molecule has 3 N–H and O–H groups in total. The summed E-state index contributed by atoms with van der Waals surface area (Å²) in [7, 11) is 1.23. The number of benzene rings is 4. The van der Waals surface area contributed by atoms with Gasteiger partial charge in [0.15, 0.2) is 0 Å². The number of hydrogen-bond acceptors (Lipinski definition) is 7. The van der Waals surface area contributed by atoms with E-state index in [-0.39, 0.29) is 27.9 Å². The van der Waals surface area contributed by atoms with Gasteiger partial charge in [0, 0.05) is 28.3 Å². The number of methoxy groups -OCH3 is 1. The zero-order valence-corrected chi connectivity index (χ0v) is 22.4. The zero-order valence-electron chi connectivity index (χ0n) is 21.7. The molecule has 41 heavy (non-hydrogen) atoms. The van der Waals surface area contributed by atoms with Gasteiger partial charge in [0.1, 0.15) is 10.7 Å². The third-order valence-electron chi connectivity index (χ3n) is 6.17. The van der Waals surface area contributed by atoms with Crippen molar-refractivity contribution in [3.05, 3.63) is 125 Å². The van der Waals surface area contributed by atoms with Gasteiger partial charge < -0.3 is 20.7 Å². The van der Waals surface area contributed by atoms with E-state index < -0.39 is 17.8 Å². The molecule has 3 amide bonds. The molecule has 5 rings (SSSR count). The number of halogens is 1. The monoisotopic (exact) mass is 566 g/mol. The molecule has 1 aliphatic rings. The Kier molecular flexibility index (Phi) is 7.80. The summed E-state index contributed by atoms with van der Waals surface area (Å²) < 4.78 is 4.71. The Morgan fingerprint density at radius 3 is 1.98 bits per heavy atom. The first-order valence-electron chi connectivity index (χ1n) is 12.4. The molecule has 0 saturated carbocycles. The van der Waals surface area contributed by atoms with Crippen LogP contribution in [-0.2, 0) is 14.3 Å². The van der Waals surface area contributed by atoms with Gasteiger partial charge in [-0.25, -0.2) is 9.69 Å². The summed E-state index contributed by atoms with van der Waals surface area (Å²) in [5.41, 5.74) is 3.52. The highest BCUT2D eigenvalue weighted by molar-refractivity contribution is 6.53. The van der Waals surface area contributed by atoms with E-state index in [2.05, 4.69) is 16.0 Å². The van der Waals surface area contributed by atoms with Crippen LogP contribution in [-0.4, -0.2) is 30.8 Å². The van der Waals surface area contributed by atoms with E-state index in [1.807, 2.05) is 42.5 Å². The Balaban J connectivity index is 1.23. The largest absolute Gasteiger partial charge is 0.465 e. The summed E-state index contributed by atoms with van der Waals surface area (Å²) in [4.78, 5) is 51.4. The average Bonchev–Trinajstić information content (AvgIpc) is 3.21. The molecule has 1 aliphatic heterocycles. The highest BCUT2D eigenvalue weighted by atomic mass is 35.5. The molecule has 4 aromatic carbocycles. The number of ether oxygens (including phenoxy) is 1. The molecule has 4 aromatic rings. The molecule has 0 bridgehead atoms. The normalized spacial score (nSPS) is 12.8. The van der Waals surface area contributed by atoms with Gasteiger partial charge in [-0.1, -0.05) is 35.9 Å². The number of esters is 1. The second-order valence-corrected chi connectivity index (χ2v) is 9.28. The molecule has 1 heterocycles. The highest BCUT2D eigenvalue weighted by Crippen LogP contribution is 2.31. The van der Waals surface area contributed by atoms with Crippen LogP contribution in [0.2, 0.25) is 0 Å². The van der Waals surface area contributed by atoms with Crippen molar-refractivity contribution in [1.29, 1.82) is 0 Å². The van der Waals surface area contributed by atoms with E-state index in [4.69, 9.17) is 16.3 Å². The molecule has 0 spiro atoms. The predicted molar refractivity (Wildman–Crippen MR) is 157 cm³/mol. The highest BCUT2D eigenvalue weighted by Gasteiger charge is 2.39. The van der Waals surface area contributed by atoms with Gasteiger partial charge in [0.25, 0.3) is 17.7 Å². The lowest BCUT2D eigenvalue weighted by atomic mass is 10.1. The third kappa shape index (κ3) is 5.95. The van der Waals surface area contributed by atoms with Gasteiger partial charge in [-0.3, -0.25) is 14.4 Å². The van der Waals surface area contributed by atoms with Gasteiger partial charge in [0.05, 0.1) is 18.4 Å². The molecule has 9 nitrogen and oxygen atoms in total. The van der Waals surface area contributed by atoms with Gasteiger partial charge >= 0.3 is 5.97 Å². The maximum absolute atomic E-state index is 13.1. The van der Waals surface area contributed by atoms with Crippen molar-refractivity contribution in [1.82, 2.24) is 0 Å². The van der Waals surface area contributed by atoms with Crippen molar-refractivity contribution in [2.45, 2.75) is 0 Å². The summed E-state index contributed by atoms with van der Waals surface area (Å²) in [6, 6.07) is 29.3.